The van der Waals surface area contributed by atoms with Crippen LogP contribution in [0.2, 0.25) is 0 Å². The minimum absolute atomic E-state index is 0.505. The van der Waals surface area contributed by atoms with E-state index in [1.807, 2.05) is 0 Å². The Bertz CT molecular complexity index is 128. The summed E-state index contributed by atoms with van der Waals surface area (Å²) in [4.78, 5) is 2.41. The minimum atomic E-state index is -0.505. The van der Waals surface area contributed by atoms with Crippen LogP contribution in [0.3, 0.4) is 0 Å². The molecule has 1 aliphatic carbocycles. The summed E-state index contributed by atoms with van der Waals surface area (Å²) in [7, 11) is 0. The normalized spacial score (nSPS) is 40.1. The molecular formula is C8H15FN2. The van der Waals surface area contributed by atoms with E-state index in [0.717, 1.165) is 39.0 Å². The standard InChI is InChI=1S/C8H15FN2/c9-7-5-8(6-7)11-3-1-10-2-4-11/h7-8,10H,1-6H2. The van der Waals surface area contributed by atoms with Crippen LogP contribution in [0.5, 0.6) is 0 Å². The lowest BCUT2D eigenvalue weighted by molar-refractivity contribution is 0.0463. The first-order chi connectivity index (χ1) is 5.36. The quantitative estimate of drug-likeness (QED) is 0.594. The molecule has 0 spiro atoms. The zero-order valence-corrected chi connectivity index (χ0v) is 6.72. The van der Waals surface area contributed by atoms with Gasteiger partial charge in [0.2, 0.25) is 0 Å². The monoisotopic (exact) mass is 158 g/mol. The van der Waals surface area contributed by atoms with E-state index in [0.29, 0.717) is 6.04 Å². The topological polar surface area (TPSA) is 15.3 Å². The Morgan fingerprint density at radius 3 is 2.36 bits per heavy atom. The van der Waals surface area contributed by atoms with Gasteiger partial charge in [-0.25, -0.2) is 4.39 Å². The van der Waals surface area contributed by atoms with Crippen molar-refractivity contribution in [3.63, 3.8) is 0 Å². The van der Waals surface area contributed by atoms with Crippen LogP contribution in [-0.2, 0) is 0 Å². The van der Waals surface area contributed by atoms with Gasteiger partial charge in [0.05, 0.1) is 0 Å². The summed E-state index contributed by atoms with van der Waals surface area (Å²) in [6.07, 6.45) is 1.05. The molecule has 2 nitrogen and oxygen atoms in total. The first-order valence-corrected chi connectivity index (χ1v) is 4.45. The predicted molar refractivity (Wildman–Crippen MR) is 42.4 cm³/mol. The Kier molecular flexibility index (Phi) is 2.09. The molecule has 0 amide bonds. The van der Waals surface area contributed by atoms with Gasteiger partial charge in [0.15, 0.2) is 0 Å². The zero-order chi connectivity index (χ0) is 7.68. The fourth-order valence-corrected chi connectivity index (χ4v) is 1.87. The van der Waals surface area contributed by atoms with E-state index in [1.165, 1.54) is 0 Å². The molecule has 2 aliphatic rings. The third kappa shape index (κ3) is 1.54. The largest absolute Gasteiger partial charge is 0.314 e. The van der Waals surface area contributed by atoms with Gasteiger partial charge in [0.1, 0.15) is 6.17 Å². The molecule has 0 aromatic carbocycles. The van der Waals surface area contributed by atoms with Gasteiger partial charge in [0, 0.05) is 32.2 Å². The smallest absolute Gasteiger partial charge is 0.103 e. The van der Waals surface area contributed by atoms with Gasteiger partial charge in [-0.15, -0.1) is 0 Å². The van der Waals surface area contributed by atoms with E-state index < -0.39 is 6.17 Å². The SMILES string of the molecule is FC1CC(N2CCNCC2)C1. The van der Waals surface area contributed by atoms with E-state index in [2.05, 4.69) is 10.2 Å². The highest BCUT2D eigenvalue weighted by Crippen LogP contribution is 2.28. The number of halogens is 1. The number of hydrogen-bond donors (Lipinski definition) is 1. The Morgan fingerprint density at radius 1 is 1.18 bits per heavy atom. The minimum Gasteiger partial charge on any atom is -0.314 e. The van der Waals surface area contributed by atoms with Crippen molar-refractivity contribution >= 4 is 0 Å². The molecule has 64 valence electrons. The molecule has 3 heteroatoms. The zero-order valence-electron chi connectivity index (χ0n) is 6.72. The van der Waals surface area contributed by atoms with Crippen LogP contribution in [0.4, 0.5) is 4.39 Å². The number of piperazine rings is 1. The highest BCUT2D eigenvalue weighted by atomic mass is 19.1. The lowest BCUT2D eigenvalue weighted by Crippen LogP contribution is -2.53. The molecule has 1 saturated carbocycles. The molecular weight excluding hydrogens is 143 g/mol. The lowest BCUT2D eigenvalue weighted by Gasteiger charge is -2.41. The molecule has 2 rings (SSSR count). The molecule has 1 heterocycles. The van der Waals surface area contributed by atoms with Gasteiger partial charge in [-0.05, 0) is 12.8 Å². The number of nitrogens with zero attached hydrogens (tertiary/aromatic N) is 1. The summed E-state index contributed by atoms with van der Waals surface area (Å²) in [5.41, 5.74) is 0. The summed E-state index contributed by atoms with van der Waals surface area (Å²) in [6, 6.07) is 0.562. The molecule has 2 fully saturated rings. The maximum Gasteiger partial charge on any atom is 0.103 e. The van der Waals surface area contributed by atoms with Crippen LogP contribution >= 0.6 is 0 Å². The predicted octanol–water partition coefficient (Wildman–Crippen LogP) is 0.392. The van der Waals surface area contributed by atoms with E-state index >= 15 is 0 Å². The van der Waals surface area contributed by atoms with Crippen molar-refractivity contribution < 1.29 is 4.39 Å². The van der Waals surface area contributed by atoms with Crippen molar-refractivity contribution in [3.8, 4) is 0 Å². The number of nitrogens with one attached hydrogen (secondary N) is 1. The molecule has 1 aliphatic heterocycles. The Morgan fingerprint density at radius 2 is 1.82 bits per heavy atom. The molecule has 0 radical (unpaired) electrons. The molecule has 0 aromatic heterocycles. The van der Waals surface area contributed by atoms with E-state index in [1.54, 1.807) is 0 Å². The van der Waals surface area contributed by atoms with Crippen LogP contribution in [0, 0.1) is 0 Å². The van der Waals surface area contributed by atoms with Crippen LogP contribution in [0.15, 0.2) is 0 Å². The second kappa shape index (κ2) is 3.07. The molecule has 0 bridgehead atoms. The van der Waals surface area contributed by atoms with Crippen LogP contribution in [-0.4, -0.2) is 43.3 Å². The number of hydrogen-bond acceptors (Lipinski definition) is 2. The second-order valence-corrected chi connectivity index (χ2v) is 3.51. The molecule has 1 saturated heterocycles. The first-order valence-electron chi connectivity index (χ1n) is 4.45. The van der Waals surface area contributed by atoms with Gasteiger partial charge >= 0.3 is 0 Å². The summed E-state index contributed by atoms with van der Waals surface area (Å²) < 4.78 is 12.5. The number of rotatable bonds is 1. The van der Waals surface area contributed by atoms with Crippen LogP contribution < -0.4 is 5.32 Å². The highest BCUT2D eigenvalue weighted by molar-refractivity contribution is 4.88. The average Bonchev–Trinajstić information content (AvgIpc) is 2.01. The maximum atomic E-state index is 12.5. The molecule has 11 heavy (non-hydrogen) atoms. The Hall–Kier alpha value is -0.150. The van der Waals surface area contributed by atoms with Crippen LogP contribution in [0.1, 0.15) is 12.8 Å². The van der Waals surface area contributed by atoms with Gasteiger partial charge in [-0.2, -0.15) is 0 Å². The van der Waals surface area contributed by atoms with Crippen molar-refractivity contribution in [1.82, 2.24) is 10.2 Å². The van der Waals surface area contributed by atoms with Crippen molar-refractivity contribution in [2.24, 2.45) is 0 Å². The maximum absolute atomic E-state index is 12.5. The van der Waals surface area contributed by atoms with Gasteiger partial charge in [-0.3, -0.25) is 4.90 Å². The summed E-state index contributed by atoms with van der Waals surface area (Å²) in [5, 5.41) is 3.29. The van der Waals surface area contributed by atoms with Gasteiger partial charge in [0.25, 0.3) is 0 Å². The fraction of sp³-hybridized carbons (Fsp3) is 1.00. The average molecular weight is 158 g/mol. The molecule has 0 aromatic rings. The fourth-order valence-electron chi connectivity index (χ4n) is 1.87. The third-order valence-corrected chi connectivity index (χ3v) is 2.72. The van der Waals surface area contributed by atoms with Crippen molar-refractivity contribution in [2.75, 3.05) is 26.2 Å². The van der Waals surface area contributed by atoms with E-state index in [9.17, 15) is 4.39 Å². The molecule has 0 unspecified atom stereocenters. The number of alkyl halides is 1. The van der Waals surface area contributed by atoms with Crippen molar-refractivity contribution in [1.29, 1.82) is 0 Å². The second-order valence-electron chi connectivity index (χ2n) is 3.51. The van der Waals surface area contributed by atoms with E-state index in [4.69, 9.17) is 0 Å². The first kappa shape index (κ1) is 7.50. The van der Waals surface area contributed by atoms with Crippen molar-refractivity contribution in [3.05, 3.63) is 0 Å². The van der Waals surface area contributed by atoms with E-state index in [-0.39, 0.29) is 0 Å². The van der Waals surface area contributed by atoms with Crippen LogP contribution in [0.25, 0.3) is 0 Å². The molecule has 1 N–H and O–H groups in total. The highest BCUT2D eigenvalue weighted by Gasteiger charge is 2.33. The van der Waals surface area contributed by atoms with Gasteiger partial charge in [-0.1, -0.05) is 0 Å². The summed E-state index contributed by atoms with van der Waals surface area (Å²) in [6.45, 7) is 4.37. The Labute approximate surface area is 66.8 Å². The lowest BCUT2D eigenvalue weighted by atomic mass is 9.89. The van der Waals surface area contributed by atoms with Gasteiger partial charge < -0.3 is 5.32 Å². The summed E-state index contributed by atoms with van der Waals surface area (Å²) in [5.74, 6) is 0. The van der Waals surface area contributed by atoms with Crippen molar-refractivity contribution in [2.45, 2.75) is 25.1 Å². The summed E-state index contributed by atoms with van der Waals surface area (Å²) >= 11 is 0. The molecule has 0 atom stereocenters. The Balaban J connectivity index is 1.76. The third-order valence-electron chi connectivity index (χ3n) is 2.72.